The zero-order valence-electron chi connectivity index (χ0n) is 10.4. The third-order valence-electron chi connectivity index (χ3n) is 3.64. The average molecular weight is 290 g/mol. The van der Waals surface area contributed by atoms with Crippen LogP contribution in [0.5, 0.6) is 0 Å². The van der Waals surface area contributed by atoms with Gasteiger partial charge in [0.15, 0.2) is 0 Å². The Bertz CT molecular complexity index is 337. The van der Waals surface area contributed by atoms with Crippen molar-refractivity contribution in [1.82, 2.24) is 15.2 Å². The Morgan fingerprint density at radius 2 is 1.94 bits per heavy atom. The molecular formula is C13H21Cl2N3. The van der Waals surface area contributed by atoms with Crippen LogP contribution >= 0.6 is 24.8 Å². The van der Waals surface area contributed by atoms with Crippen LogP contribution in [0.4, 0.5) is 0 Å². The number of rotatable bonds is 3. The van der Waals surface area contributed by atoms with Gasteiger partial charge in [0.2, 0.25) is 0 Å². The minimum absolute atomic E-state index is 0. The molecule has 1 saturated heterocycles. The molecule has 3 rings (SSSR count). The first-order chi connectivity index (χ1) is 7.95. The summed E-state index contributed by atoms with van der Waals surface area (Å²) in [7, 11) is 0. The van der Waals surface area contributed by atoms with Gasteiger partial charge in [-0.2, -0.15) is 0 Å². The SMILES string of the molecule is Cl.Cl.c1cncc([C@H](C2CC2)N2CCNCC2)c1. The summed E-state index contributed by atoms with van der Waals surface area (Å²) in [5.74, 6) is 0.877. The summed E-state index contributed by atoms with van der Waals surface area (Å²) >= 11 is 0. The smallest absolute Gasteiger partial charge is 0.0392 e. The van der Waals surface area contributed by atoms with E-state index >= 15 is 0 Å². The van der Waals surface area contributed by atoms with Crippen molar-refractivity contribution in [3.63, 3.8) is 0 Å². The number of aromatic nitrogens is 1. The molecule has 1 aliphatic carbocycles. The third-order valence-corrected chi connectivity index (χ3v) is 3.64. The molecule has 3 nitrogen and oxygen atoms in total. The van der Waals surface area contributed by atoms with Crippen LogP contribution in [0.25, 0.3) is 0 Å². The summed E-state index contributed by atoms with van der Waals surface area (Å²) in [5, 5.41) is 3.42. The fourth-order valence-corrected chi connectivity index (χ4v) is 2.70. The van der Waals surface area contributed by atoms with E-state index in [1.54, 1.807) is 0 Å². The van der Waals surface area contributed by atoms with Gasteiger partial charge in [0.1, 0.15) is 0 Å². The second-order valence-corrected chi connectivity index (χ2v) is 4.85. The Balaban J connectivity index is 0.000000810. The minimum atomic E-state index is 0. The van der Waals surface area contributed by atoms with Gasteiger partial charge >= 0.3 is 0 Å². The van der Waals surface area contributed by atoms with Crippen molar-refractivity contribution in [1.29, 1.82) is 0 Å². The van der Waals surface area contributed by atoms with Gasteiger partial charge in [-0.15, -0.1) is 24.8 Å². The van der Waals surface area contributed by atoms with Crippen molar-refractivity contribution in [2.75, 3.05) is 26.2 Å². The van der Waals surface area contributed by atoms with E-state index < -0.39 is 0 Å². The first-order valence-electron chi connectivity index (χ1n) is 6.30. The zero-order valence-corrected chi connectivity index (χ0v) is 12.1. The lowest BCUT2D eigenvalue weighted by Crippen LogP contribution is -2.45. The first-order valence-corrected chi connectivity index (χ1v) is 6.30. The number of piperazine rings is 1. The number of nitrogens with zero attached hydrogens (tertiary/aromatic N) is 2. The summed E-state index contributed by atoms with van der Waals surface area (Å²) in [5.41, 5.74) is 1.41. The molecule has 0 radical (unpaired) electrons. The topological polar surface area (TPSA) is 28.2 Å². The molecule has 2 heterocycles. The highest BCUT2D eigenvalue weighted by Crippen LogP contribution is 2.44. The molecule has 102 valence electrons. The molecule has 1 N–H and O–H groups in total. The first kappa shape index (κ1) is 15.7. The van der Waals surface area contributed by atoms with Gasteiger partial charge in [-0.1, -0.05) is 6.07 Å². The third kappa shape index (κ3) is 3.58. The van der Waals surface area contributed by atoms with E-state index in [9.17, 15) is 0 Å². The number of pyridine rings is 1. The number of nitrogens with one attached hydrogen (secondary N) is 1. The Morgan fingerprint density at radius 1 is 1.22 bits per heavy atom. The number of hydrogen-bond acceptors (Lipinski definition) is 3. The molecule has 1 aromatic rings. The maximum Gasteiger partial charge on any atom is 0.0392 e. The van der Waals surface area contributed by atoms with Crippen LogP contribution in [0.1, 0.15) is 24.4 Å². The second-order valence-electron chi connectivity index (χ2n) is 4.85. The molecule has 1 aliphatic heterocycles. The average Bonchev–Trinajstić information content (AvgIpc) is 3.17. The van der Waals surface area contributed by atoms with Crippen LogP contribution in [0, 0.1) is 5.92 Å². The van der Waals surface area contributed by atoms with Crippen LogP contribution in [0.15, 0.2) is 24.5 Å². The maximum absolute atomic E-state index is 4.27. The molecule has 2 fully saturated rings. The summed E-state index contributed by atoms with van der Waals surface area (Å²) in [6, 6.07) is 4.92. The summed E-state index contributed by atoms with van der Waals surface area (Å²) in [4.78, 5) is 6.90. The molecule has 0 spiro atoms. The predicted octanol–water partition coefficient (Wildman–Crippen LogP) is 2.28. The molecule has 0 unspecified atom stereocenters. The lowest BCUT2D eigenvalue weighted by atomic mass is 10.0. The number of hydrogen-bond donors (Lipinski definition) is 1. The Hall–Kier alpha value is -0.350. The maximum atomic E-state index is 4.27. The van der Waals surface area contributed by atoms with E-state index in [0.717, 1.165) is 19.0 Å². The highest BCUT2D eigenvalue weighted by atomic mass is 35.5. The molecule has 1 atom stereocenters. The minimum Gasteiger partial charge on any atom is -0.314 e. The van der Waals surface area contributed by atoms with Gasteiger partial charge in [-0.25, -0.2) is 0 Å². The lowest BCUT2D eigenvalue weighted by molar-refractivity contribution is 0.156. The standard InChI is InChI=1S/C13H19N3.2ClH/c1-2-12(10-15-5-1)13(11-3-4-11)16-8-6-14-7-9-16;;/h1-2,5,10-11,13-14H,3-4,6-9H2;2*1H/t13-;;/m0../s1. The van der Waals surface area contributed by atoms with Crippen LogP contribution in [0.2, 0.25) is 0 Å². The van der Waals surface area contributed by atoms with Crippen molar-refractivity contribution in [2.24, 2.45) is 5.92 Å². The highest BCUT2D eigenvalue weighted by Gasteiger charge is 2.36. The lowest BCUT2D eigenvalue weighted by Gasteiger charge is -2.35. The van der Waals surface area contributed by atoms with Gasteiger partial charge in [0.25, 0.3) is 0 Å². The Kier molecular flexibility index (Phi) is 6.36. The van der Waals surface area contributed by atoms with Crippen molar-refractivity contribution in [2.45, 2.75) is 18.9 Å². The van der Waals surface area contributed by atoms with E-state index in [0.29, 0.717) is 6.04 Å². The van der Waals surface area contributed by atoms with E-state index in [-0.39, 0.29) is 24.8 Å². The van der Waals surface area contributed by atoms with E-state index in [4.69, 9.17) is 0 Å². The molecule has 18 heavy (non-hydrogen) atoms. The normalized spacial score (nSPS) is 21.6. The molecule has 2 aliphatic rings. The summed E-state index contributed by atoms with van der Waals surface area (Å²) < 4.78 is 0. The van der Waals surface area contributed by atoms with E-state index in [1.165, 1.54) is 31.5 Å². The molecule has 1 aromatic heterocycles. The van der Waals surface area contributed by atoms with Gasteiger partial charge in [-0.05, 0) is 30.4 Å². The van der Waals surface area contributed by atoms with Gasteiger partial charge in [0.05, 0.1) is 0 Å². The van der Waals surface area contributed by atoms with Crippen LogP contribution in [-0.4, -0.2) is 36.1 Å². The quantitative estimate of drug-likeness (QED) is 0.925. The zero-order chi connectivity index (χ0) is 10.8. The Labute approximate surface area is 121 Å². The summed E-state index contributed by atoms with van der Waals surface area (Å²) in [6.07, 6.45) is 6.70. The van der Waals surface area contributed by atoms with Crippen LogP contribution in [0.3, 0.4) is 0 Å². The fraction of sp³-hybridized carbons (Fsp3) is 0.615. The van der Waals surface area contributed by atoms with Crippen molar-refractivity contribution in [3.05, 3.63) is 30.1 Å². The van der Waals surface area contributed by atoms with Crippen LogP contribution in [-0.2, 0) is 0 Å². The number of halogens is 2. The summed E-state index contributed by atoms with van der Waals surface area (Å²) in [6.45, 7) is 4.61. The molecule has 1 saturated carbocycles. The van der Waals surface area contributed by atoms with E-state index in [2.05, 4.69) is 27.3 Å². The monoisotopic (exact) mass is 289 g/mol. The van der Waals surface area contributed by atoms with E-state index in [1.807, 2.05) is 12.4 Å². The van der Waals surface area contributed by atoms with Crippen LogP contribution < -0.4 is 5.32 Å². The second kappa shape index (κ2) is 7.29. The van der Waals surface area contributed by atoms with Crippen molar-refractivity contribution >= 4 is 24.8 Å². The van der Waals surface area contributed by atoms with Crippen molar-refractivity contribution in [3.8, 4) is 0 Å². The Morgan fingerprint density at radius 3 is 2.50 bits per heavy atom. The molecule has 0 aromatic carbocycles. The highest BCUT2D eigenvalue weighted by molar-refractivity contribution is 5.85. The van der Waals surface area contributed by atoms with Crippen molar-refractivity contribution < 1.29 is 0 Å². The molecule has 5 heteroatoms. The van der Waals surface area contributed by atoms with Gasteiger partial charge in [0, 0.05) is 44.6 Å². The van der Waals surface area contributed by atoms with Gasteiger partial charge < -0.3 is 5.32 Å². The molecular weight excluding hydrogens is 269 g/mol. The van der Waals surface area contributed by atoms with Gasteiger partial charge in [-0.3, -0.25) is 9.88 Å². The predicted molar refractivity (Wildman–Crippen MR) is 78.6 cm³/mol. The molecule has 0 bridgehead atoms. The largest absolute Gasteiger partial charge is 0.314 e. The fourth-order valence-electron chi connectivity index (χ4n) is 2.70. The molecule has 0 amide bonds.